The van der Waals surface area contributed by atoms with Gasteiger partial charge in [0.2, 0.25) is 0 Å². The molecule has 2 saturated heterocycles. The number of anilines is 1. The second-order valence-electron chi connectivity index (χ2n) is 5.71. The zero-order valence-corrected chi connectivity index (χ0v) is 12.9. The highest BCUT2D eigenvalue weighted by atomic mass is 79.9. The van der Waals surface area contributed by atoms with Gasteiger partial charge in [0.1, 0.15) is 5.82 Å². The normalized spacial score (nSPS) is 27.6. The highest BCUT2D eigenvalue weighted by Crippen LogP contribution is 2.30. The second-order valence-corrected chi connectivity index (χ2v) is 6.27. The van der Waals surface area contributed by atoms with Crippen LogP contribution in [0.15, 0.2) is 18.2 Å². The van der Waals surface area contributed by atoms with Crippen LogP contribution in [0.1, 0.15) is 25.3 Å². The third kappa shape index (κ3) is 2.52. The molecule has 0 N–H and O–H groups in total. The van der Waals surface area contributed by atoms with Crippen LogP contribution in [-0.2, 0) is 5.33 Å². The molecule has 0 aromatic heterocycles. The summed E-state index contributed by atoms with van der Waals surface area (Å²) in [5.41, 5.74) is 1.76. The molecule has 2 heterocycles. The Kier molecular flexibility index (Phi) is 3.81. The van der Waals surface area contributed by atoms with E-state index in [0.717, 1.165) is 24.3 Å². The van der Waals surface area contributed by atoms with Crippen molar-refractivity contribution in [2.24, 2.45) is 0 Å². The van der Waals surface area contributed by atoms with Crippen molar-refractivity contribution in [1.82, 2.24) is 4.90 Å². The van der Waals surface area contributed by atoms with Crippen LogP contribution in [0, 0.1) is 5.82 Å². The lowest BCUT2D eigenvalue weighted by atomic mass is 10.1. The first-order valence-corrected chi connectivity index (χ1v) is 8.16. The maximum absolute atomic E-state index is 14.3. The fourth-order valence-electron chi connectivity index (χ4n) is 3.39. The standard InChI is InChI=1S/C15H20BrFN2/c1-11-9-18-6-2-3-13(18)10-19(11)15-5-4-12(8-16)7-14(15)17/h4-5,7,11,13H,2-3,6,8-10H2,1H3. The molecule has 2 fully saturated rings. The van der Waals surface area contributed by atoms with E-state index >= 15 is 0 Å². The van der Waals surface area contributed by atoms with Gasteiger partial charge < -0.3 is 4.90 Å². The lowest BCUT2D eigenvalue weighted by Crippen LogP contribution is -2.55. The van der Waals surface area contributed by atoms with Crippen LogP contribution in [0.5, 0.6) is 0 Å². The Morgan fingerprint density at radius 2 is 2.21 bits per heavy atom. The highest BCUT2D eigenvalue weighted by molar-refractivity contribution is 9.08. The van der Waals surface area contributed by atoms with E-state index in [4.69, 9.17) is 0 Å². The number of nitrogens with zero attached hydrogens (tertiary/aromatic N) is 2. The summed E-state index contributed by atoms with van der Waals surface area (Å²) in [5, 5.41) is 0.705. The number of halogens is 2. The van der Waals surface area contributed by atoms with Crippen LogP contribution in [0.2, 0.25) is 0 Å². The number of benzene rings is 1. The molecule has 2 aliphatic rings. The monoisotopic (exact) mass is 326 g/mol. The van der Waals surface area contributed by atoms with Crippen molar-refractivity contribution in [2.75, 3.05) is 24.5 Å². The molecule has 2 atom stereocenters. The smallest absolute Gasteiger partial charge is 0.146 e. The molecule has 0 aliphatic carbocycles. The van der Waals surface area contributed by atoms with E-state index in [1.807, 2.05) is 12.1 Å². The first-order valence-electron chi connectivity index (χ1n) is 7.04. The number of piperazine rings is 1. The number of hydrogen-bond donors (Lipinski definition) is 0. The minimum Gasteiger partial charge on any atom is -0.364 e. The Labute approximate surface area is 122 Å². The first-order chi connectivity index (χ1) is 9.19. The van der Waals surface area contributed by atoms with Gasteiger partial charge in [-0.1, -0.05) is 22.0 Å². The predicted octanol–water partition coefficient (Wildman–Crippen LogP) is 3.39. The number of rotatable bonds is 2. The van der Waals surface area contributed by atoms with Gasteiger partial charge in [0, 0.05) is 30.5 Å². The van der Waals surface area contributed by atoms with Gasteiger partial charge >= 0.3 is 0 Å². The van der Waals surface area contributed by atoms with E-state index in [1.54, 1.807) is 6.07 Å². The molecule has 0 bridgehead atoms. The Morgan fingerprint density at radius 3 is 2.95 bits per heavy atom. The van der Waals surface area contributed by atoms with Crippen LogP contribution in [0.4, 0.5) is 10.1 Å². The molecule has 2 nitrogen and oxygen atoms in total. The molecule has 19 heavy (non-hydrogen) atoms. The van der Waals surface area contributed by atoms with Crippen LogP contribution in [0.25, 0.3) is 0 Å². The van der Waals surface area contributed by atoms with Gasteiger partial charge in [-0.2, -0.15) is 0 Å². The lowest BCUT2D eigenvalue weighted by Gasteiger charge is -2.43. The fourth-order valence-corrected chi connectivity index (χ4v) is 3.74. The maximum atomic E-state index is 14.3. The summed E-state index contributed by atoms with van der Waals surface area (Å²) in [6.45, 7) is 5.44. The molecular weight excluding hydrogens is 307 g/mol. The number of hydrogen-bond acceptors (Lipinski definition) is 2. The second kappa shape index (κ2) is 5.41. The van der Waals surface area contributed by atoms with Crippen molar-refractivity contribution >= 4 is 21.6 Å². The van der Waals surface area contributed by atoms with Crippen molar-refractivity contribution in [2.45, 2.75) is 37.2 Å². The van der Waals surface area contributed by atoms with Gasteiger partial charge in [-0.15, -0.1) is 0 Å². The van der Waals surface area contributed by atoms with Crippen molar-refractivity contribution < 1.29 is 4.39 Å². The van der Waals surface area contributed by atoms with Gasteiger partial charge in [-0.3, -0.25) is 4.90 Å². The Balaban J connectivity index is 1.84. The van der Waals surface area contributed by atoms with Gasteiger partial charge in [0.05, 0.1) is 5.69 Å². The minimum absolute atomic E-state index is 0.0877. The van der Waals surface area contributed by atoms with Crippen LogP contribution in [0.3, 0.4) is 0 Å². The van der Waals surface area contributed by atoms with E-state index in [1.165, 1.54) is 19.4 Å². The SMILES string of the molecule is CC1CN2CCCC2CN1c1ccc(CBr)cc1F. The molecule has 0 radical (unpaired) electrons. The molecule has 4 heteroatoms. The molecule has 0 amide bonds. The van der Waals surface area contributed by atoms with Crippen molar-refractivity contribution in [3.8, 4) is 0 Å². The van der Waals surface area contributed by atoms with Crippen molar-refractivity contribution in [3.63, 3.8) is 0 Å². The van der Waals surface area contributed by atoms with E-state index < -0.39 is 0 Å². The Bertz CT molecular complexity index is 465. The molecule has 0 spiro atoms. The third-order valence-electron chi connectivity index (χ3n) is 4.41. The Morgan fingerprint density at radius 1 is 1.37 bits per heavy atom. The molecule has 1 aromatic rings. The van der Waals surface area contributed by atoms with E-state index in [0.29, 0.717) is 17.4 Å². The average Bonchev–Trinajstić information content (AvgIpc) is 2.85. The molecule has 1 aromatic carbocycles. The van der Waals surface area contributed by atoms with Gasteiger partial charge in [0.25, 0.3) is 0 Å². The number of fused-ring (bicyclic) bond motifs is 1. The molecule has 2 aliphatic heterocycles. The first kappa shape index (κ1) is 13.4. The van der Waals surface area contributed by atoms with Crippen LogP contribution in [-0.4, -0.2) is 36.6 Å². The zero-order valence-electron chi connectivity index (χ0n) is 11.3. The molecular formula is C15H20BrFN2. The maximum Gasteiger partial charge on any atom is 0.146 e. The summed E-state index contributed by atoms with van der Waals surface area (Å²) in [7, 11) is 0. The summed E-state index contributed by atoms with van der Waals surface area (Å²) in [6, 6.07) is 6.61. The predicted molar refractivity (Wildman–Crippen MR) is 80.4 cm³/mol. The third-order valence-corrected chi connectivity index (χ3v) is 5.06. The molecule has 0 saturated carbocycles. The topological polar surface area (TPSA) is 6.48 Å². The van der Waals surface area contributed by atoms with Crippen molar-refractivity contribution in [1.29, 1.82) is 0 Å². The lowest BCUT2D eigenvalue weighted by molar-refractivity contribution is 0.202. The van der Waals surface area contributed by atoms with Gasteiger partial charge in [-0.25, -0.2) is 4.39 Å². The largest absolute Gasteiger partial charge is 0.364 e. The minimum atomic E-state index is -0.0877. The van der Waals surface area contributed by atoms with Crippen molar-refractivity contribution in [3.05, 3.63) is 29.6 Å². The highest BCUT2D eigenvalue weighted by Gasteiger charge is 2.35. The molecule has 3 rings (SSSR count). The van der Waals surface area contributed by atoms with Gasteiger partial charge in [-0.05, 0) is 44.0 Å². The summed E-state index contributed by atoms with van der Waals surface area (Å²) in [5.74, 6) is -0.0877. The van der Waals surface area contributed by atoms with E-state index in [2.05, 4.69) is 32.7 Å². The van der Waals surface area contributed by atoms with E-state index in [-0.39, 0.29) is 5.82 Å². The Hall–Kier alpha value is -0.610. The molecule has 104 valence electrons. The quantitative estimate of drug-likeness (QED) is 0.768. The van der Waals surface area contributed by atoms with E-state index in [9.17, 15) is 4.39 Å². The summed E-state index contributed by atoms with van der Waals surface area (Å²) < 4.78 is 14.3. The summed E-state index contributed by atoms with van der Waals surface area (Å²) in [6.07, 6.45) is 2.54. The fraction of sp³-hybridized carbons (Fsp3) is 0.600. The van der Waals surface area contributed by atoms with Crippen LogP contribution < -0.4 is 4.90 Å². The summed E-state index contributed by atoms with van der Waals surface area (Å²) in [4.78, 5) is 4.81. The van der Waals surface area contributed by atoms with Gasteiger partial charge in [0.15, 0.2) is 0 Å². The number of alkyl halides is 1. The zero-order chi connectivity index (χ0) is 13.4. The summed E-state index contributed by atoms with van der Waals surface area (Å²) >= 11 is 3.37. The average molecular weight is 327 g/mol. The molecule has 2 unspecified atom stereocenters. The van der Waals surface area contributed by atoms with Crippen LogP contribution >= 0.6 is 15.9 Å².